The third-order valence-corrected chi connectivity index (χ3v) is 3.90. The van der Waals surface area contributed by atoms with E-state index in [4.69, 9.17) is 0 Å². The molecular formula is C20H18N2O3. The van der Waals surface area contributed by atoms with Gasteiger partial charge in [-0.05, 0) is 23.8 Å². The van der Waals surface area contributed by atoms with Crippen LogP contribution in [0.25, 0.3) is 6.08 Å². The van der Waals surface area contributed by atoms with Gasteiger partial charge in [-0.25, -0.2) is 4.79 Å². The number of carbonyl (C=O) groups is 2. The SMILES string of the molecule is COC(=O)/C=C\N1C=Cc2ccccc2C1NC(=O)c1ccccc1. The molecule has 1 heterocycles. The second-order valence-corrected chi connectivity index (χ2v) is 5.47. The average Bonchev–Trinajstić information content (AvgIpc) is 2.67. The molecule has 25 heavy (non-hydrogen) atoms. The maximum Gasteiger partial charge on any atom is 0.331 e. The molecule has 1 aliphatic heterocycles. The number of rotatable bonds is 4. The van der Waals surface area contributed by atoms with Crippen LogP contribution in [0.1, 0.15) is 27.7 Å². The van der Waals surface area contributed by atoms with Crippen LogP contribution in [-0.4, -0.2) is 23.9 Å². The summed E-state index contributed by atoms with van der Waals surface area (Å²) >= 11 is 0. The van der Waals surface area contributed by atoms with Crippen LogP contribution in [0.4, 0.5) is 0 Å². The van der Waals surface area contributed by atoms with Gasteiger partial charge in [-0.2, -0.15) is 0 Å². The first-order valence-electron chi connectivity index (χ1n) is 7.85. The summed E-state index contributed by atoms with van der Waals surface area (Å²) in [6.45, 7) is 0. The highest BCUT2D eigenvalue weighted by molar-refractivity contribution is 5.94. The smallest absolute Gasteiger partial charge is 0.331 e. The fraction of sp³-hybridized carbons (Fsp3) is 0.100. The van der Waals surface area contributed by atoms with E-state index in [2.05, 4.69) is 10.1 Å². The van der Waals surface area contributed by atoms with E-state index in [-0.39, 0.29) is 5.91 Å². The molecule has 0 saturated carbocycles. The van der Waals surface area contributed by atoms with Crippen molar-refractivity contribution in [3.63, 3.8) is 0 Å². The fourth-order valence-corrected chi connectivity index (χ4v) is 2.62. The summed E-state index contributed by atoms with van der Waals surface area (Å²) in [6, 6.07) is 16.8. The van der Waals surface area contributed by atoms with Gasteiger partial charge in [-0.1, -0.05) is 42.5 Å². The Kier molecular flexibility index (Phi) is 4.95. The topological polar surface area (TPSA) is 58.6 Å². The minimum Gasteiger partial charge on any atom is -0.466 e. The van der Waals surface area contributed by atoms with Crippen molar-refractivity contribution in [1.82, 2.24) is 10.2 Å². The molecule has 0 radical (unpaired) electrons. The van der Waals surface area contributed by atoms with Crippen molar-refractivity contribution >= 4 is 18.0 Å². The molecule has 1 unspecified atom stereocenters. The molecule has 5 heteroatoms. The van der Waals surface area contributed by atoms with Crippen molar-refractivity contribution < 1.29 is 14.3 Å². The quantitative estimate of drug-likeness (QED) is 0.689. The van der Waals surface area contributed by atoms with Crippen LogP contribution in [0.5, 0.6) is 0 Å². The van der Waals surface area contributed by atoms with Gasteiger partial charge in [-0.15, -0.1) is 0 Å². The minimum atomic E-state index is -0.458. The van der Waals surface area contributed by atoms with Crippen LogP contribution in [0.15, 0.2) is 73.1 Å². The van der Waals surface area contributed by atoms with Crippen LogP contribution in [0.3, 0.4) is 0 Å². The summed E-state index contributed by atoms with van der Waals surface area (Å²) in [5.74, 6) is -0.646. The van der Waals surface area contributed by atoms with Gasteiger partial charge >= 0.3 is 5.97 Å². The van der Waals surface area contributed by atoms with Crippen LogP contribution >= 0.6 is 0 Å². The molecule has 0 fully saturated rings. The second kappa shape index (κ2) is 7.49. The number of hydrogen-bond donors (Lipinski definition) is 1. The lowest BCUT2D eigenvalue weighted by Crippen LogP contribution is -2.38. The molecule has 1 aliphatic rings. The van der Waals surface area contributed by atoms with E-state index in [0.29, 0.717) is 5.56 Å². The number of amides is 1. The number of benzene rings is 2. The molecule has 1 N–H and O–H groups in total. The first-order valence-corrected chi connectivity index (χ1v) is 7.85. The van der Waals surface area contributed by atoms with Crippen LogP contribution in [0.2, 0.25) is 0 Å². The number of fused-ring (bicyclic) bond motifs is 1. The molecule has 0 spiro atoms. The van der Waals surface area contributed by atoms with Gasteiger partial charge in [-0.3, -0.25) is 4.79 Å². The monoisotopic (exact) mass is 334 g/mol. The molecule has 1 atom stereocenters. The number of hydrogen-bond acceptors (Lipinski definition) is 4. The maximum atomic E-state index is 12.6. The predicted molar refractivity (Wildman–Crippen MR) is 95.1 cm³/mol. The largest absolute Gasteiger partial charge is 0.466 e. The van der Waals surface area contributed by atoms with Crippen LogP contribution < -0.4 is 5.32 Å². The van der Waals surface area contributed by atoms with Crippen molar-refractivity contribution in [3.05, 3.63) is 89.8 Å². The van der Waals surface area contributed by atoms with Gasteiger partial charge in [0.05, 0.1) is 7.11 Å². The van der Waals surface area contributed by atoms with E-state index in [1.165, 1.54) is 13.2 Å². The zero-order chi connectivity index (χ0) is 17.6. The zero-order valence-corrected chi connectivity index (χ0v) is 13.8. The van der Waals surface area contributed by atoms with Crippen molar-refractivity contribution in [3.8, 4) is 0 Å². The Bertz CT molecular complexity index is 828. The normalized spacial score (nSPS) is 15.7. The van der Waals surface area contributed by atoms with E-state index in [1.807, 2.05) is 54.7 Å². The highest BCUT2D eigenvalue weighted by Crippen LogP contribution is 2.28. The van der Waals surface area contributed by atoms with Crippen molar-refractivity contribution in [2.24, 2.45) is 0 Å². The van der Waals surface area contributed by atoms with Crippen molar-refractivity contribution in [2.45, 2.75) is 6.17 Å². The summed E-state index contributed by atoms with van der Waals surface area (Å²) in [5.41, 5.74) is 2.54. The molecule has 1 amide bonds. The summed E-state index contributed by atoms with van der Waals surface area (Å²) in [5, 5.41) is 3.02. The summed E-state index contributed by atoms with van der Waals surface area (Å²) in [4.78, 5) is 25.8. The minimum absolute atomic E-state index is 0.188. The van der Waals surface area contributed by atoms with Gasteiger partial charge < -0.3 is 15.0 Å². The molecule has 2 aromatic rings. The summed E-state index contributed by atoms with van der Waals surface area (Å²) in [6.07, 6.45) is 6.24. The second-order valence-electron chi connectivity index (χ2n) is 5.47. The number of nitrogens with one attached hydrogen (secondary N) is 1. The predicted octanol–water partition coefficient (Wildman–Crippen LogP) is 3.09. The highest BCUT2D eigenvalue weighted by Gasteiger charge is 2.24. The van der Waals surface area contributed by atoms with E-state index < -0.39 is 12.1 Å². The molecule has 126 valence electrons. The van der Waals surface area contributed by atoms with Gasteiger partial charge in [0.25, 0.3) is 5.91 Å². The summed E-state index contributed by atoms with van der Waals surface area (Å²) in [7, 11) is 1.32. The zero-order valence-electron chi connectivity index (χ0n) is 13.8. The Labute approximate surface area is 146 Å². The van der Waals surface area contributed by atoms with Crippen LogP contribution in [0, 0.1) is 0 Å². The molecule has 3 rings (SSSR count). The van der Waals surface area contributed by atoms with E-state index in [9.17, 15) is 9.59 Å². The van der Waals surface area contributed by atoms with E-state index >= 15 is 0 Å². The van der Waals surface area contributed by atoms with Crippen LogP contribution in [-0.2, 0) is 9.53 Å². The van der Waals surface area contributed by atoms with Gasteiger partial charge in [0.1, 0.15) is 6.17 Å². The van der Waals surface area contributed by atoms with Gasteiger partial charge in [0.15, 0.2) is 0 Å². The fourth-order valence-electron chi connectivity index (χ4n) is 2.62. The Hall–Kier alpha value is -3.34. The molecule has 0 bridgehead atoms. The molecule has 0 saturated heterocycles. The Balaban J connectivity index is 1.90. The first-order chi connectivity index (χ1) is 12.2. The molecule has 5 nitrogen and oxygen atoms in total. The number of carbonyl (C=O) groups excluding carboxylic acids is 2. The van der Waals surface area contributed by atoms with Crippen molar-refractivity contribution in [1.29, 1.82) is 0 Å². The Morgan fingerprint density at radius 1 is 1.08 bits per heavy atom. The van der Waals surface area contributed by atoms with Gasteiger partial charge in [0.2, 0.25) is 0 Å². The number of methoxy groups -OCH3 is 1. The van der Waals surface area contributed by atoms with E-state index in [0.717, 1.165) is 11.1 Å². The molecule has 0 aliphatic carbocycles. The molecule has 0 aromatic heterocycles. The average molecular weight is 334 g/mol. The standard InChI is InChI=1S/C20H18N2O3/c1-25-18(23)12-14-22-13-11-15-7-5-6-10-17(15)19(22)21-20(24)16-8-3-2-4-9-16/h2-14,19H,1H3,(H,21,24)/b14-12-. The van der Waals surface area contributed by atoms with Crippen molar-refractivity contribution in [2.75, 3.05) is 7.11 Å². The number of esters is 1. The number of ether oxygens (including phenoxy) is 1. The number of nitrogens with zero attached hydrogens (tertiary/aromatic N) is 1. The lowest BCUT2D eigenvalue weighted by Gasteiger charge is -2.32. The third kappa shape index (κ3) is 3.77. The molecule has 2 aromatic carbocycles. The third-order valence-electron chi connectivity index (χ3n) is 3.90. The lowest BCUT2D eigenvalue weighted by atomic mass is 10.0. The first kappa shape index (κ1) is 16.5. The molecular weight excluding hydrogens is 316 g/mol. The summed E-state index contributed by atoms with van der Waals surface area (Å²) < 4.78 is 4.63. The Morgan fingerprint density at radius 2 is 1.80 bits per heavy atom. The van der Waals surface area contributed by atoms with Gasteiger partial charge in [0, 0.05) is 29.6 Å². The Morgan fingerprint density at radius 3 is 2.56 bits per heavy atom. The lowest BCUT2D eigenvalue weighted by molar-refractivity contribution is -0.134. The maximum absolute atomic E-state index is 12.6. The van der Waals surface area contributed by atoms with E-state index in [1.54, 1.807) is 23.2 Å². The highest BCUT2D eigenvalue weighted by atomic mass is 16.5.